The Hall–Kier alpha value is -3.44. The van der Waals surface area contributed by atoms with E-state index in [0.29, 0.717) is 25.8 Å². The number of nitrogens with zero attached hydrogens (tertiary/aromatic N) is 1. The second-order valence-corrected chi connectivity index (χ2v) is 9.53. The number of carbonyl (C=O) groups excluding carboxylic acids is 3. The van der Waals surface area contributed by atoms with Crippen LogP contribution < -0.4 is 16.0 Å². The minimum Gasteiger partial charge on any atom is -0.480 e. The Labute approximate surface area is 208 Å². The number of carbonyl (C=O) groups is 4. The standard InChI is InChI=1S/C25H33N5O6/c1-14(31)21(29-22(32)18-8-4-10-26-18)24(34)30-11-5-9-20(30)23(33)28-19(25(35)36)12-15-13-27-17-7-3-2-6-16(15)17/h2-3,6-7,13-14,18-21,26-27,31H,4-5,8-12H2,1H3,(H,28,33)(H,29,32)(H,35,36). The average molecular weight is 500 g/mol. The SMILES string of the molecule is CC(O)C(NC(=O)C1CCCN1)C(=O)N1CCCC1C(=O)NC(Cc1c[nH]c2ccccc12)C(=O)O. The van der Waals surface area contributed by atoms with Crippen LogP contribution >= 0.6 is 0 Å². The molecular weight excluding hydrogens is 466 g/mol. The Morgan fingerprint density at radius 2 is 1.89 bits per heavy atom. The van der Waals surface area contributed by atoms with Crippen molar-refractivity contribution >= 4 is 34.6 Å². The van der Waals surface area contributed by atoms with Crippen molar-refractivity contribution in [1.29, 1.82) is 0 Å². The lowest BCUT2D eigenvalue weighted by Crippen LogP contribution is -2.59. The van der Waals surface area contributed by atoms with Gasteiger partial charge in [-0.25, -0.2) is 4.79 Å². The van der Waals surface area contributed by atoms with Gasteiger partial charge in [-0.3, -0.25) is 14.4 Å². The number of aliphatic hydroxyl groups is 1. The van der Waals surface area contributed by atoms with Crippen LogP contribution in [-0.2, 0) is 25.6 Å². The van der Waals surface area contributed by atoms with Crippen LogP contribution in [0.4, 0.5) is 0 Å². The lowest BCUT2D eigenvalue weighted by molar-refractivity contribution is -0.146. The molecular formula is C25H33N5O6. The monoisotopic (exact) mass is 499 g/mol. The largest absolute Gasteiger partial charge is 0.480 e. The lowest BCUT2D eigenvalue weighted by atomic mass is 10.0. The molecule has 0 aliphatic carbocycles. The number of H-pyrrole nitrogens is 1. The summed E-state index contributed by atoms with van der Waals surface area (Å²) in [7, 11) is 0. The highest BCUT2D eigenvalue weighted by Crippen LogP contribution is 2.22. The zero-order valence-corrected chi connectivity index (χ0v) is 20.2. The Kier molecular flexibility index (Phi) is 7.90. The molecule has 4 rings (SSSR count). The summed E-state index contributed by atoms with van der Waals surface area (Å²) in [5, 5.41) is 29.2. The summed E-state index contributed by atoms with van der Waals surface area (Å²) in [5.74, 6) is -2.67. The summed E-state index contributed by atoms with van der Waals surface area (Å²) < 4.78 is 0. The van der Waals surface area contributed by atoms with Crippen molar-refractivity contribution in [3.8, 4) is 0 Å². The first kappa shape index (κ1) is 25.6. The summed E-state index contributed by atoms with van der Waals surface area (Å²) in [6.45, 7) is 2.40. The smallest absolute Gasteiger partial charge is 0.326 e. The van der Waals surface area contributed by atoms with Crippen LogP contribution in [0.15, 0.2) is 30.5 Å². The number of aromatic amines is 1. The Bertz CT molecular complexity index is 1130. The summed E-state index contributed by atoms with van der Waals surface area (Å²) in [4.78, 5) is 55.4. The molecule has 36 heavy (non-hydrogen) atoms. The molecule has 194 valence electrons. The van der Waals surface area contributed by atoms with Gasteiger partial charge in [0.15, 0.2) is 0 Å². The molecule has 11 nitrogen and oxygen atoms in total. The molecule has 2 aromatic rings. The zero-order chi connectivity index (χ0) is 25.8. The molecule has 6 N–H and O–H groups in total. The van der Waals surface area contributed by atoms with E-state index < -0.39 is 48.1 Å². The molecule has 2 saturated heterocycles. The number of carboxylic acids is 1. The molecule has 0 bridgehead atoms. The Balaban J connectivity index is 1.44. The fourth-order valence-corrected chi connectivity index (χ4v) is 5.02. The van der Waals surface area contributed by atoms with E-state index in [9.17, 15) is 29.4 Å². The number of aliphatic carboxylic acids is 1. The highest BCUT2D eigenvalue weighted by molar-refractivity contribution is 5.95. The minimum absolute atomic E-state index is 0.0759. The first-order valence-electron chi connectivity index (χ1n) is 12.4. The predicted octanol–water partition coefficient (Wildman–Crippen LogP) is -0.112. The van der Waals surface area contributed by atoms with E-state index in [1.54, 1.807) is 6.20 Å². The summed E-state index contributed by atoms with van der Waals surface area (Å²) >= 11 is 0. The van der Waals surface area contributed by atoms with Gasteiger partial charge in [0.25, 0.3) is 0 Å². The lowest BCUT2D eigenvalue weighted by Gasteiger charge is -2.31. The van der Waals surface area contributed by atoms with Crippen LogP contribution in [0.3, 0.4) is 0 Å². The third-order valence-corrected chi connectivity index (χ3v) is 6.98. The molecule has 11 heteroatoms. The number of nitrogens with one attached hydrogen (secondary N) is 4. The molecule has 1 aromatic heterocycles. The number of hydrogen-bond acceptors (Lipinski definition) is 6. The van der Waals surface area contributed by atoms with Gasteiger partial charge in [0.2, 0.25) is 17.7 Å². The van der Waals surface area contributed by atoms with Gasteiger partial charge >= 0.3 is 5.97 Å². The number of likely N-dealkylation sites (tertiary alicyclic amines) is 1. The van der Waals surface area contributed by atoms with E-state index in [1.165, 1.54) is 11.8 Å². The van der Waals surface area contributed by atoms with Gasteiger partial charge in [-0.05, 0) is 50.8 Å². The van der Waals surface area contributed by atoms with Crippen molar-refractivity contribution in [2.75, 3.05) is 13.1 Å². The number of hydrogen-bond donors (Lipinski definition) is 6. The molecule has 3 heterocycles. The van der Waals surface area contributed by atoms with Crippen molar-refractivity contribution in [3.63, 3.8) is 0 Å². The number of benzene rings is 1. The van der Waals surface area contributed by atoms with E-state index in [4.69, 9.17) is 0 Å². The van der Waals surface area contributed by atoms with Crippen LogP contribution in [-0.4, -0.2) is 87.1 Å². The average Bonchev–Trinajstić information content (AvgIpc) is 3.62. The molecule has 1 aromatic carbocycles. The first-order valence-corrected chi connectivity index (χ1v) is 12.4. The Morgan fingerprint density at radius 1 is 1.11 bits per heavy atom. The Morgan fingerprint density at radius 3 is 2.58 bits per heavy atom. The minimum atomic E-state index is -1.20. The summed E-state index contributed by atoms with van der Waals surface area (Å²) in [6.07, 6.45) is 3.05. The van der Waals surface area contributed by atoms with Crippen molar-refractivity contribution < 1.29 is 29.4 Å². The molecule has 0 spiro atoms. The van der Waals surface area contributed by atoms with E-state index in [1.807, 2.05) is 24.3 Å². The summed E-state index contributed by atoms with van der Waals surface area (Å²) in [5.41, 5.74) is 1.63. The van der Waals surface area contributed by atoms with Crippen molar-refractivity contribution in [2.45, 2.75) is 69.3 Å². The quantitative estimate of drug-likeness (QED) is 0.280. The molecule has 3 amide bonds. The fourth-order valence-electron chi connectivity index (χ4n) is 5.02. The molecule has 2 fully saturated rings. The van der Waals surface area contributed by atoms with Crippen LogP contribution in [0.5, 0.6) is 0 Å². The number of aromatic nitrogens is 1. The van der Waals surface area contributed by atoms with Crippen LogP contribution in [0, 0.1) is 0 Å². The molecule has 2 aliphatic heterocycles. The topological polar surface area (TPSA) is 164 Å². The van der Waals surface area contributed by atoms with E-state index in [0.717, 1.165) is 22.9 Å². The number of para-hydroxylation sites is 1. The molecule has 2 aliphatic rings. The van der Waals surface area contributed by atoms with E-state index in [2.05, 4.69) is 20.9 Å². The number of aliphatic hydroxyl groups excluding tert-OH is 1. The van der Waals surface area contributed by atoms with E-state index >= 15 is 0 Å². The molecule has 0 saturated carbocycles. The van der Waals surface area contributed by atoms with E-state index in [-0.39, 0.29) is 18.9 Å². The first-order chi connectivity index (χ1) is 17.3. The fraction of sp³-hybridized carbons (Fsp3) is 0.520. The number of carboxylic acid groups (broad SMARTS) is 1. The van der Waals surface area contributed by atoms with Crippen LogP contribution in [0.2, 0.25) is 0 Å². The maximum absolute atomic E-state index is 13.3. The number of fused-ring (bicyclic) bond motifs is 1. The molecule has 5 atom stereocenters. The van der Waals surface area contributed by atoms with Gasteiger partial charge in [0.05, 0.1) is 12.1 Å². The predicted molar refractivity (Wildman–Crippen MR) is 131 cm³/mol. The number of amides is 3. The third-order valence-electron chi connectivity index (χ3n) is 6.98. The second-order valence-electron chi connectivity index (χ2n) is 9.53. The molecule has 0 radical (unpaired) electrons. The van der Waals surface area contributed by atoms with Gasteiger partial charge < -0.3 is 36.0 Å². The highest BCUT2D eigenvalue weighted by Gasteiger charge is 2.41. The van der Waals surface area contributed by atoms with Gasteiger partial charge in [0.1, 0.15) is 18.1 Å². The maximum atomic E-state index is 13.3. The van der Waals surface area contributed by atoms with Crippen molar-refractivity contribution in [1.82, 2.24) is 25.8 Å². The maximum Gasteiger partial charge on any atom is 0.326 e. The normalized spacial score (nSPS) is 22.2. The second kappa shape index (κ2) is 11.1. The van der Waals surface area contributed by atoms with Gasteiger partial charge in [-0.15, -0.1) is 0 Å². The molecule has 5 unspecified atom stereocenters. The van der Waals surface area contributed by atoms with Crippen LogP contribution in [0.1, 0.15) is 38.2 Å². The van der Waals surface area contributed by atoms with Gasteiger partial charge in [-0.2, -0.15) is 0 Å². The van der Waals surface area contributed by atoms with Gasteiger partial charge in [0, 0.05) is 30.1 Å². The highest BCUT2D eigenvalue weighted by atomic mass is 16.4. The van der Waals surface area contributed by atoms with Gasteiger partial charge in [-0.1, -0.05) is 18.2 Å². The summed E-state index contributed by atoms with van der Waals surface area (Å²) in [6, 6.07) is 3.81. The van der Waals surface area contributed by atoms with Crippen LogP contribution in [0.25, 0.3) is 10.9 Å². The van der Waals surface area contributed by atoms with Crippen molar-refractivity contribution in [2.24, 2.45) is 0 Å². The van der Waals surface area contributed by atoms with Crippen molar-refractivity contribution in [3.05, 3.63) is 36.0 Å². The number of rotatable bonds is 9. The third kappa shape index (κ3) is 5.52. The zero-order valence-electron chi connectivity index (χ0n) is 20.2.